The molecule has 65 heavy (non-hydrogen) atoms. The van der Waals surface area contributed by atoms with Gasteiger partial charge in [-0.1, -0.05) is 75.7 Å². The molecular weight excluding hydrogens is 965 g/mol. The van der Waals surface area contributed by atoms with Crippen LogP contribution in [0.4, 0.5) is 13.2 Å². The summed E-state index contributed by atoms with van der Waals surface area (Å²) in [6.45, 7) is 2.88. The second kappa shape index (κ2) is 27.0. The Hall–Kier alpha value is -6.50. The van der Waals surface area contributed by atoms with E-state index in [1.54, 1.807) is 78.5 Å². The van der Waals surface area contributed by atoms with E-state index < -0.39 is 11.9 Å². The van der Waals surface area contributed by atoms with Crippen LogP contribution in [0.2, 0.25) is 0 Å². The summed E-state index contributed by atoms with van der Waals surface area (Å²) >= 11 is 5.35. The summed E-state index contributed by atoms with van der Waals surface area (Å²) in [5.41, 5.74) is 4.29. The van der Waals surface area contributed by atoms with Crippen molar-refractivity contribution in [2.75, 3.05) is 0 Å². The average Bonchev–Trinajstić information content (AvgIpc) is 4.12. The molecule has 0 aliphatic carbocycles. The van der Waals surface area contributed by atoms with Crippen molar-refractivity contribution in [1.82, 2.24) is 30.1 Å². The first-order valence-corrected chi connectivity index (χ1v) is 21.3. The smallest absolute Gasteiger partial charge is 0.753 e. The van der Waals surface area contributed by atoms with Crippen molar-refractivity contribution >= 4 is 41.7 Å². The number of thiophene rings is 1. The molecule has 0 aliphatic rings. The molecule has 0 saturated heterocycles. The number of isothiocyanates is 1. The monoisotopic (exact) mass is 1010 g/mol. The molecule has 0 amide bonds. The van der Waals surface area contributed by atoms with Gasteiger partial charge in [0.1, 0.15) is 17.2 Å². The van der Waals surface area contributed by atoms with E-state index in [1.807, 2.05) is 6.07 Å². The molecule has 0 fully saturated rings. The van der Waals surface area contributed by atoms with E-state index in [1.165, 1.54) is 67.9 Å². The fraction of sp³-hybridized carbons (Fsp3) is 0.234. The minimum absolute atomic E-state index is 0. The molecule has 7 rings (SSSR count). The largest absolute Gasteiger partial charge is 2.00 e. The Morgan fingerprint density at radius 2 is 1.42 bits per heavy atom. The zero-order chi connectivity index (χ0) is 45.6. The molecule has 334 valence electrons. The van der Waals surface area contributed by atoms with E-state index in [0.717, 1.165) is 29.3 Å². The van der Waals surface area contributed by atoms with E-state index in [0.29, 0.717) is 58.5 Å². The van der Waals surface area contributed by atoms with Gasteiger partial charge < -0.3 is 29.5 Å². The van der Waals surface area contributed by atoms with Crippen LogP contribution in [-0.2, 0) is 41.7 Å². The summed E-state index contributed by atoms with van der Waals surface area (Å²) in [7, 11) is 0. The van der Waals surface area contributed by atoms with Crippen molar-refractivity contribution in [1.29, 1.82) is 0 Å². The molecule has 12 nitrogen and oxygen atoms in total. The van der Waals surface area contributed by atoms with Crippen molar-refractivity contribution in [3.8, 4) is 67.9 Å². The third-order valence-electron chi connectivity index (χ3n) is 9.20. The topological polar surface area (TPSA) is 167 Å². The maximum absolute atomic E-state index is 12.8. The zero-order valence-electron chi connectivity index (χ0n) is 34.8. The molecule has 0 atom stereocenters. The molecule has 0 spiro atoms. The second-order valence-corrected chi connectivity index (χ2v) is 14.8. The number of pyridine rings is 4. The van der Waals surface area contributed by atoms with E-state index in [2.05, 4.69) is 72.6 Å². The van der Waals surface area contributed by atoms with Gasteiger partial charge in [-0.2, -0.15) is 18.3 Å². The van der Waals surface area contributed by atoms with Gasteiger partial charge in [-0.15, -0.1) is 11.3 Å². The number of halogens is 3. The molecule has 0 bridgehead atoms. The molecule has 0 unspecified atom stereocenters. The Balaban J connectivity index is 0.000000265. The predicted octanol–water partition coefficient (Wildman–Crippen LogP) is 11.5. The van der Waals surface area contributed by atoms with Crippen LogP contribution in [0.3, 0.4) is 0 Å². The molecule has 7 aromatic rings. The normalized spacial score (nSPS) is 10.3. The number of aryl methyl sites for hydroxylation is 1. The first-order valence-electron chi connectivity index (χ1n) is 20.0. The number of ether oxygens (including phenoxy) is 2. The fourth-order valence-corrected chi connectivity index (χ4v) is 7.16. The minimum atomic E-state index is -4.50. The average molecular weight is 1010 g/mol. The SMILES string of the molecule is CCCCCCCCCCc1ccsc1-c1ccnc(-c2cc(C(F)(F)F)n[n-]2)c1.O=COc1ccnc(-c2cc(OC=O)cc(-c3cc(C#Cc4ccco4)ccn3)n2)c1.[N-]=C=S.[Ru+2]. The van der Waals surface area contributed by atoms with Gasteiger partial charge in [-0.3, -0.25) is 24.5 Å². The number of carbonyl (C=O) groups is 2. The van der Waals surface area contributed by atoms with Crippen LogP contribution in [0.1, 0.15) is 80.9 Å². The quantitative estimate of drug-likeness (QED) is 0.0212. The van der Waals surface area contributed by atoms with Gasteiger partial charge in [-0.25, -0.2) is 4.98 Å². The van der Waals surface area contributed by atoms with Crippen molar-refractivity contribution in [2.45, 2.75) is 70.9 Å². The van der Waals surface area contributed by atoms with Gasteiger partial charge in [0, 0.05) is 47.2 Å². The van der Waals surface area contributed by atoms with Gasteiger partial charge in [0.25, 0.3) is 12.9 Å². The standard InChI is InChI=1S/C23H27F3N3S.C23H13N3O5.CNS.Ru/c1-2-3-4-5-6-7-8-9-10-17-12-14-30-22(17)18-11-13-27-19(15-18)20-16-21(29-28-20)23(24,25)26;27-14-30-18-6-8-25-21(11-18)23-13-19(31-15-28)12-22(26-23)20-10-16(5-7-24-20)3-4-17-2-1-9-29-17;2-1-3;/h11-16H,2-10H2,1H3;1-2,5-15H;;/q-1;;-1;+2. The van der Waals surface area contributed by atoms with Gasteiger partial charge in [-0.05, 0) is 89.9 Å². The van der Waals surface area contributed by atoms with Gasteiger partial charge in [0.2, 0.25) is 0 Å². The molecule has 0 aliphatic heterocycles. The summed E-state index contributed by atoms with van der Waals surface area (Å²) in [6, 6.07) is 20.0. The molecule has 0 N–H and O–H groups in total. The van der Waals surface area contributed by atoms with Crippen molar-refractivity contribution in [3.63, 3.8) is 0 Å². The minimum Gasteiger partial charge on any atom is -0.753 e. The predicted molar refractivity (Wildman–Crippen MR) is 240 cm³/mol. The van der Waals surface area contributed by atoms with Crippen molar-refractivity contribution < 1.29 is 56.1 Å². The number of alkyl halides is 3. The maximum atomic E-state index is 12.8. The molecular formula is C47H40F3N7O5RuS2. The fourth-order valence-electron chi connectivity index (χ4n) is 6.21. The van der Waals surface area contributed by atoms with Crippen LogP contribution in [0.5, 0.6) is 11.5 Å². The van der Waals surface area contributed by atoms with Crippen LogP contribution in [0.15, 0.2) is 107 Å². The number of hydrogen-bond acceptors (Lipinski definition) is 12. The van der Waals surface area contributed by atoms with Gasteiger partial charge in [0.05, 0.1) is 34.7 Å². The number of thiocarbonyl (C=S) groups is 1. The first-order chi connectivity index (χ1) is 31.1. The van der Waals surface area contributed by atoms with Crippen LogP contribution in [0, 0.1) is 11.8 Å². The van der Waals surface area contributed by atoms with Gasteiger partial charge >= 0.3 is 25.7 Å². The number of rotatable bonds is 17. The number of aromatic nitrogens is 6. The van der Waals surface area contributed by atoms with Crippen LogP contribution in [0.25, 0.3) is 50.0 Å². The zero-order valence-corrected chi connectivity index (χ0v) is 38.2. The Morgan fingerprint density at radius 3 is 2.08 bits per heavy atom. The molecule has 0 radical (unpaired) electrons. The molecule has 18 heteroatoms. The number of carbonyl (C=O) groups excluding carboxylic acids is 2. The van der Waals surface area contributed by atoms with Crippen molar-refractivity contribution in [3.05, 3.63) is 131 Å². The van der Waals surface area contributed by atoms with E-state index >= 15 is 0 Å². The summed E-state index contributed by atoms with van der Waals surface area (Å²) in [5.74, 6) is 7.03. The third kappa shape index (κ3) is 16.2. The van der Waals surface area contributed by atoms with E-state index in [9.17, 15) is 22.8 Å². The molecule has 7 aromatic heterocycles. The number of hydrogen-bond donors (Lipinski definition) is 0. The summed E-state index contributed by atoms with van der Waals surface area (Å²) in [6.07, 6.45) is 13.0. The van der Waals surface area contributed by atoms with E-state index in [4.69, 9.17) is 19.3 Å². The number of furan rings is 1. The van der Waals surface area contributed by atoms with Crippen molar-refractivity contribution in [2.24, 2.45) is 0 Å². The Labute approximate surface area is 395 Å². The third-order valence-corrected chi connectivity index (χ3v) is 10.2. The van der Waals surface area contributed by atoms with E-state index in [-0.39, 0.29) is 30.9 Å². The number of unbranched alkanes of at least 4 members (excludes halogenated alkanes) is 7. The Kier molecular flexibility index (Phi) is 21.2. The first kappa shape index (κ1) is 51.1. The maximum Gasteiger partial charge on any atom is 2.00 e. The number of nitrogens with zero attached hydrogens (tertiary/aromatic N) is 7. The Bertz CT molecular complexity index is 2670. The van der Waals surface area contributed by atoms with Crippen LogP contribution in [-0.4, -0.2) is 43.1 Å². The second-order valence-electron chi connectivity index (χ2n) is 13.7. The van der Waals surface area contributed by atoms with Gasteiger partial charge in [0.15, 0.2) is 5.76 Å². The molecule has 0 aromatic carbocycles. The Morgan fingerprint density at radius 1 is 0.785 bits per heavy atom. The van der Waals surface area contributed by atoms with Crippen LogP contribution >= 0.6 is 23.6 Å². The molecule has 0 saturated carbocycles. The van der Waals surface area contributed by atoms with Crippen LogP contribution < -0.4 is 14.6 Å². The summed E-state index contributed by atoms with van der Waals surface area (Å²) in [5, 5.41) is 17.4. The summed E-state index contributed by atoms with van der Waals surface area (Å²) in [4.78, 5) is 40.0. The molecule has 7 heterocycles. The summed E-state index contributed by atoms with van der Waals surface area (Å²) < 4.78 is 53.5.